The van der Waals surface area contributed by atoms with E-state index in [1.807, 2.05) is 0 Å². The lowest BCUT2D eigenvalue weighted by Crippen LogP contribution is -2.32. The number of carbonyl (C=O) groups is 3. The van der Waals surface area contributed by atoms with Crippen LogP contribution < -0.4 is 0 Å². The van der Waals surface area contributed by atoms with Gasteiger partial charge in [-0.05, 0) is 25.5 Å². The molecule has 1 aromatic carbocycles. The van der Waals surface area contributed by atoms with Crippen molar-refractivity contribution in [3.8, 4) is 0 Å². The molecule has 2 atom stereocenters. The van der Waals surface area contributed by atoms with Crippen LogP contribution in [0.3, 0.4) is 0 Å². The predicted molar refractivity (Wildman–Crippen MR) is 92.8 cm³/mol. The molecule has 0 aliphatic rings. The van der Waals surface area contributed by atoms with Gasteiger partial charge in [0.05, 0.1) is 5.56 Å². The molecule has 0 heterocycles. The Morgan fingerprint density at radius 1 is 1.00 bits per heavy atom. The van der Waals surface area contributed by atoms with Gasteiger partial charge in [0, 0.05) is 6.92 Å². The van der Waals surface area contributed by atoms with Gasteiger partial charge in [0.1, 0.15) is 0 Å². The Labute approximate surface area is 153 Å². The van der Waals surface area contributed by atoms with Crippen LogP contribution in [0, 0.1) is 0 Å². The fourth-order valence-electron chi connectivity index (χ4n) is 2.25. The van der Waals surface area contributed by atoms with E-state index in [0.29, 0.717) is 6.42 Å². The molecule has 0 saturated heterocycles. The normalized spacial score (nSPS) is 12.7. The molecule has 0 saturated carbocycles. The number of hydrogen-bond donors (Lipinski definition) is 0. The SMILES string of the molecule is CCCCCCC(OC(C)OC(C)=O)C(=O)OOC(=O)c1ccccc1. The highest BCUT2D eigenvalue weighted by molar-refractivity contribution is 5.89. The van der Waals surface area contributed by atoms with Crippen molar-refractivity contribution in [1.29, 1.82) is 0 Å². The molecule has 2 unspecified atom stereocenters. The summed E-state index contributed by atoms with van der Waals surface area (Å²) in [7, 11) is 0. The molecule has 0 aromatic heterocycles. The van der Waals surface area contributed by atoms with Crippen LogP contribution >= 0.6 is 0 Å². The molecule has 26 heavy (non-hydrogen) atoms. The van der Waals surface area contributed by atoms with Crippen LogP contribution in [0.15, 0.2) is 30.3 Å². The van der Waals surface area contributed by atoms with Gasteiger partial charge in [-0.25, -0.2) is 19.4 Å². The highest BCUT2D eigenvalue weighted by Gasteiger charge is 2.26. The van der Waals surface area contributed by atoms with Gasteiger partial charge in [-0.15, -0.1) is 0 Å². The van der Waals surface area contributed by atoms with Crippen LogP contribution in [0.5, 0.6) is 0 Å². The molecule has 0 aliphatic carbocycles. The van der Waals surface area contributed by atoms with Crippen LogP contribution in [0.1, 0.15) is 63.2 Å². The Morgan fingerprint density at radius 3 is 2.31 bits per heavy atom. The molecule has 7 heteroatoms. The molecule has 0 bridgehead atoms. The van der Waals surface area contributed by atoms with Gasteiger partial charge in [-0.1, -0.05) is 50.8 Å². The highest BCUT2D eigenvalue weighted by atomic mass is 17.2. The summed E-state index contributed by atoms with van der Waals surface area (Å²) in [5, 5.41) is 0. The molecule has 1 aromatic rings. The van der Waals surface area contributed by atoms with Gasteiger partial charge in [-0.2, -0.15) is 0 Å². The molecule has 0 spiro atoms. The Balaban J connectivity index is 2.57. The third kappa shape index (κ3) is 8.62. The second kappa shape index (κ2) is 12.0. The molecule has 144 valence electrons. The highest BCUT2D eigenvalue weighted by Crippen LogP contribution is 2.13. The van der Waals surface area contributed by atoms with Gasteiger partial charge >= 0.3 is 17.9 Å². The van der Waals surface area contributed by atoms with Crippen LogP contribution in [0.25, 0.3) is 0 Å². The monoisotopic (exact) mass is 366 g/mol. The zero-order chi connectivity index (χ0) is 19.4. The van der Waals surface area contributed by atoms with Gasteiger partial charge in [0.25, 0.3) is 0 Å². The number of rotatable bonds is 10. The topological polar surface area (TPSA) is 88.1 Å². The van der Waals surface area contributed by atoms with Crippen molar-refractivity contribution in [3.05, 3.63) is 35.9 Å². The van der Waals surface area contributed by atoms with Crippen molar-refractivity contribution >= 4 is 17.9 Å². The Morgan fingerprint density at radius 2 is 1.69 bits per heavy atom. The van der Waals surface area contributed by atoms with E-state index in [4.69, 9.17) is 9.47 Å². The van der Waals surface area contributed by atoms with Crippen molar-refractivity contribution in [1.82, 2.24) is 0 Å². The summed E-state index contributed by atoms with van der Waals surface area (Å²) in [4.78, 5) is 44.2. The van der Waals surface area contributed by atoms with Gasteiger partial charge in [-0.3, -0.25) is 4.79 Å². The molecule has 0 fully saturated rings. The molecule has 0 N–H and O–H groups in total. The first-order valence-electron chi connectivity index (χ1n) is 8.74. The Kier molecular flexibility index (Phi) is 10.0. The van der Waals surface area contributed by atoms with Crippen molar-refractivity contribution in [3.63, 3.8) is 0 Å². The van der Waals surface area contributed by atoms with E-state index >= 15 is 0 Å². The summed E-state index contributed by atoms with van der Waals surface area (Å²) < 4.78 is 10.3. The number of benzene rings is 1. The van der Waals surface area contributed by atoms with Crippen molar-refractivity contribution in [2.75, 3.05) is 0 Å². The lowest BCUT2D eigenvalue weighted by atomic mass is 10.1. The van der Waals surface area contributed by atoms with E-state index < -0.39 is 30.3 Å². The maximum absolute atomic E-state index is 12.2. The molecule has 0 radical (unpaired) electrons. The number of hydrogen-bond acceptors (Lipinski definition) is 7. The summed E-state index contributed by atoms with van der Waals surface area (Å²) in [6, 6.07) is 8.16. The average molecular weight is 366 g/mol. The van der Waals surface area contributed by atoms with Crippen LogP contribution in [-0.4, -0.2) is 30.3 Å². The number of carbonyl (C=O) groups excluding carboxylic acids is 3. The zero-order valence-corrected chi connectivity index (χ0v) is 15.4. The smallest absolute Gasteiger partial charge is 0.386 e. The molecule has 0 amide bonds. The van der Waals surface area contributed by atoms with Crippen LogP contribution in [0.2, 0.25) is 0 Å². The van der Waals surface area contributed by atoms with Gasteiger partial charge < -0.3 is 9.47 Å². The fraction of sp³-hybridized carbons (Fsp3) is 0.526. The summed E-state index contributed by atoms with van der Waals surface area (Å²) in [5.41, 5.74) is 0.258. The quantitative estimate of drug-likeness (QED) is 0.206. The Bertz CT molecular complexity index is 571. The number of unbranched alkanes of at least 4 members (excludes halogenated alkanes) is 3. The second-order valence-corrected chi connectivity index (χ2v) is 5.79. The molecule has 7 nitrogen and oxygen atoms in total. The zero-order valence-electron chi connectivity index (χ0n) is 15.4. The first kappa shape index (κ1) is 21.6. The standard InChI is InChI=1S/C19H26O7/c1-4-5-6-10-13-17(24-15(3)23-14(2)20)19(22)26-25-18(21)16-11-8-7-9-12-16/h7-9,11-12,15,17H,4-6,10,13H2,1-3H3. The summed E-state index contributed by atoms with van der Waals surface area (Å²) in [5.74, 6) is -2.15. The Hall–Kier alpha value is -2.41. The maximum atomic E-state index is 12.2. The van der Waals surface area contributed by atoms with Crippen molar-refractivity contribution in [2.24, 2.45) is 0 Å². The number of ether oxygens (including phenoxy) is 2. The van der Waals surface area contributed by atoms with E-state index in [2.05, 4.69) is 16.7 Å². The minimum atomic E-state index is -0.996. The van der Waals surface area contributed by atoms with E-state index in [9.17, 15) is 14.4 Å². The molecular formula is C19H26O7. The van der Waals surface area contributed by atoms with Gasteiger partial charge in [0.2, 0.25) is 6.29 Å². The summed E-state index contributed by atoms with van der Waals surface area (Å²) in [6.45, 7) is 4.83. The molecule has 0 aliphatic heterocycles. The minimum Gasteiger partial charge on any atom is -0.436 e. The van der Waals surface area contributed by atoms with E-state index in [0.717, 1.165) is 25.7 Å². The first-order valence-corrected chi connectivity index (χ1v) is 8.74. The van der Waals surface area contributed by atoms with E-state index in [-0.39, 0.29) is 5.56 Å². The summed E-state index contributed by atoms with van der Waals surface area (Å²) >= 11 is 0. The minimum absolute atomic E-state index is 0.258. The first-order chi connectivity index (χ1) is 12.4. The molecular weight excluding hydrogens is 340 g/mol. The fourth-order valence-corrected chi connectivity index (χ4v) is 2.25. The van der Waals surface area contributed by atoms with E-state index in [1.54, 1.807) is 18.2 Å². The third-order valence-electron chi connectivity index (χ3n) is 3.48. The van der Waals surface area contributed by atoms with Gasteiger partial charge in [0.15, 0.2) is 6.10 Å². The number of esters is 1. The van der Waals surface area contributed by atoms with E-state index in [1.165, 1.54) is 26.0 Å². The van der Waals surface area contributed by atoms with Crippen molar-refractivity contribution in [2.45, 2.75) is 65.3 Å². The largest absolute Gasteiger partial charge is 0.436 e. The third-order valence-corrected chi connectivity index (χ3v) is 3.48. The van der Waals surface area contributed by atoms with Crippen LogP contribution in [-0.2, 0) is 28.8 Å². The van der Waals surface area contributed by atoms with Crippen LogP contribution in [0.4, 0.5) is 0 Å². The summed E-state index contributed by atoms with van der Waals surface area (Å²) in [6.07, 6.45) is 2.19. The molecule has 1 rings (SSSR count). The average Bonchev–Trinajstić information content (AvgIpc) is 2.62. The van der Waals surface area contributed by atoms with Crippen molar-refractivity contribution < 1.29 is 33.6 Å². The maximum Gasteiger partial charge on any atom is 0.386 e. The second-order valence-electron chi connectivity index (χ2n) is 5.79. The lowest BCUT2D eigenvalue weighted by molar-refractivity contribution is -0.252. The predicted octanol–water partition coefficient (Wildman–Crippen LogP) is 3.57. The lowest BCUT2D eigenvalue weighted by Gasteiger charge is -2.20.